The molecule has 1 atom stereocenters. The normalized spacial score (nSPS) is 11.6. The summed E-state index contributed by atoms with van der Waals surface area (Å²) in [6, 6.07) is 2.88. The number of esters is 2. The average Bonchev–Trinajstić information content (AvgIpc) is 2.86. The van der Waals surface area contributed by atoms with E-state index in [0.29, 0.717) is 19.3 Å². The molecule has 0 bridgehead atoms. The van der Waals surface area contributed by atoms with Crippen LogP contribution in [0, 0.1) is 20.2 Å². The molecule has 0 saturated carbocycles. The summed E-state index contributed by atoms with van der Waals surface area (Å²) in [6.07, 6.45) is 13.8. The van der Waals surface area contributed by atoms with Crippen molar-refractivity contribution in [3.8, 4) is 0 Å². The smallest absolute Gasteiger partial charge is 0.338 e. The van der Waals surface area contributed by atoms with Crippen molar-refractivity contribution in [3.05, 3.63) is 44.0 Å². The molecule has 0 unspecified atom stereocenters. The number of nitro benzene ring substituents is 2. The van der Waals surface area contributed by atoms with E-state index in [9.17, 15) is 29.8 Å². The van der Waals surface area contributed by atoms with Crippen LogP contribution in [0.1, 0.15) is 114 Å². The van der Waals surface area contributed by atoms with Crippen molar-refractivity contribution in [3.63, 3.8) is 0 Å². The van der Waals surface area contributed by atoms with E-state index >= 15 is 0 Å². The number of rotatable bonds is 20. The second-order valence-electron chi connectivity index (χ2n) is 9.07. The lowest BCUT2D eigenvalue weighted by atomic mass is 10.0. The quantitative estimate of drug-likeness (QED) is 0.0788. The highest BCUT2D eigenvalue weighted by molar-refractivity contribution is 5.91. The van der Waals surface area contributed by atoms with Crippen molar-refractivity contribution in [2.75, 3.05) is 7.11 Å². The van der Waals surface area contributed by atoms with Crippen LogP contribution in [-0.2, 0) is 14.3 Å². The van der Waals surface area contributed by atoms with Crippen molar-refractivity contribution in [2.45, 2.75) is 109 Å². The van der Waals surface area contributed by atoms with Crippen LogP contribution in [0.5, 0.6) is 0 Å². The van der Waals surface area contributed by atoms with E-state index in [1.165, 1.54) is 7.11 Å². The van der Waals surface area contributed by atoms with E-state index in [4.69, 9.17) is 4.74 Å². The molecule has 0 aliphatic carbocycles. The predicted octanol–water partition coefficient (Wildman–Crippen LogP) is 7.07. The minimum atomic E-state index is -0.769. The SMILES string of the molecule is CCCCCC[C@H](CCCCCCCCCCC(=O)OC)OC(=O)c1cc([N+](=O)[O-])cc([N+](=O)[O-])c1. The number of non-ortho nitro benzene ring substituents is 2. The second-order valence-corrected chi connectivity index (χ2v) is 9.07. The summed E-state index contributed by atoms with van der Waals surface area (Å²) in [7, 11) is 1.40. The molecule has 1 rings (SSSR count). The lowest BCUT2D eigenvalue weighted by Crippen LogP contribution is -2.19. The Labute approximate surface area is 213 Å². The molecule has 0 amide bonds. The number of nitrogens with zero attached hydrogens (tertiary/aromatic N) is 2. The van der Waals surface area contributed by atoms with E-state index in [-0.39, 0.29) is 17.6 Å². The van der Waals surface area contributed by atoms with Gasteiger partial charge < -0.3 is 9.47 Å². The monoisotopic (exact) mass is 508 g/mol. The molecule has 202 valence electrons. The first kappa shape index (κ1) is 31.0. The first-order valence-electron chi connectivity index (χ1n) is 13.0. The Balaban J connectivity index is 2.53. The molecule has 10 heteroatoms. The number of carbonyl (C=O) groups excluding carboxylic acids is 2. The minimum Gasteiger partial charge on any atom is -0.469 e. The third-order valence-electron chi connectivity index (χ3n) is 6.10. The molecule has 0 saturated heterocycles. The van der Waals surface area contributed by atoms with E-state index in [0.717, 1.165) is 95.2 Å². The molecule has 0 radical (unpaired) electrons. The standard InChI is InChI=1S/C26H40N2O8/c1-3-4-5-12-15-24(16-13-10-8-6-7-9-11-14-17-25(29)35-2)36-26(30)21-18-22(27(31)32)20-23(19-21)28(33)34/h18-20,24H,3-17H2,1-2H3/t24-/m1/s1. The molecule has 10 nitrogen and oxygen atoms in total. The summed E-state index contributed by atoms with van der Waals surface area (Å²) in [5.74, 6) is -0.932. The molecule has 0 aliphatic heterocycles. The summed E-state index contributed by atoms with van der Waals surface area (Å²) >= 11 is 0. The summed E-state index contributed by atoms with van der Waals surface area (Å²) in [5.41, 5.74) is -1.21. The number of hydrogen-bond donors (Lipinski definition) is 0. The highest BCUT2D eigenvalue weighted by Gasteiger charge is 2.23. The van der Waals surface area contributed by atoms with Crippen LogP contribution >= 0.6 is 0 Å². The van der Waals surface area contributed by atoms with Crippen LogP contribution in [0.25, 0.3) is 0 Å². The maximum absolute atomic E-state index is 12.7. The molecular formula is C26H40N2O8. The van der Waals surface area contributed by atoms with E-state index in [2.05, 4.69) is 11.7 Å². The molecule has 36 heavy (non-hydrogen) atoms. The minimum absolute atomic E-state index is 0.163. The van der Waals surface area contributed by atoms with Crippen molar-refractivity contribution in [2.24, 2.45) is 0 Å². The number of benzene rings is 1. The summed E-state index contributed by atoms with van der Waals surface area (Å²) in [6.45, 7) is 2.12. The van der Waals surface area contributed by atoms with E-state index < -0.39 is 27.2 Å². The summed E-state index contributed by atoms with van der Waals surface area (Å²) < 4.78 is 10.3. The Hall–Kier alpha value is -3.04. The number of unbranched alkanes of at least 4 members (excludes halogenated alkanes) is 10. The second kappa shape index (κ2) is 18.3. The maximum Gasteiger partial charge on any atom is 0.338 e. The highest BCUT2D eigenvalue weighted by atomic mass is 16.6. The van der Waals surface area contributed by atoms with Crippen molar-refractivity contribution in [1.82, 2.24) is 0 Å². The van der Waals surface area contributed by atoms with Crippen LogP contribution in [0.4, 0.5) is 11.4 Å². The first-order valence-corrected chi connectivity index (χ1v) is 13.0. The zero-order chi connectivity index (χ0) is 26.8. The molecule has 1 aromatic rings. The summed E-state index contributed by atoms with van der Waals surface area (Å²) in [4.78, 5) is 44.6. The zero-order valence-corrected chi connectivity index (χ0v) is 21.6. The first-order chi connectivity index (χ1) is 17.3. The zero-order valence-electron chi connectivity index (χ0n) is 21.6. The Kier molecular flexibility index (Phi) is 15.7. The summed E-state index contributed by atoms with van der Waals surface area (Å²) in [5, 5.41) is 22.3. The molecule has 0 spiro atoms. The van der Waals surface area contributed by atoms with E-state index in [1.807, 2.05) is 0 Å². The van der Waals surface area contributed by atoms with Gasteiger partial charge in [0.25, 0.3) is 11.4 Å². The van der Waals surface area contributed by atoms with Gasteiger partial charge in [-0.15, -0.1) is 0 Å². The Bertz CT molecular complexity index is 811. The number of carbonyl (C=O) groups is 2. The van der Waals surface area contributed by atoms with Crippen LogP contribution in [-0.4, -0.2) is 35.0 Å². The van der Waals surface area contributed by atoms with Gasteiger partial charge in [-0.25, -0.2) is 4.79 Å². The molecule has 0 aromatic heterocycles. The van der Waals surface area contributed by atoms with Crippen molar-refractivity contribution < 1.29 is 28.9 Å². The lowest BCUT2D eigenvalue weighted by Gasteiger charge is -2.18. The molecule has 1 aromatic carbocycles. The highest BCUT2D eigenvalue weighted by Crippen LogP contribution is 2.25. The Morgan fingerprint density at radius 3 is 1.72 bits per heavy atom. The van der Waals surface area contributed by atoms with Gasteiger partial charge in [0, 0.05) is 18.6 Å². The number of nitro groups is 2. The van der Waals surface area contributed by atoms with Gasteiger partial charge >= 0.3 is 11.9 Å². The van der Waals surface area contributed by atoms with Crippen LogP contribution in [0.2, 0.25) is 0 Å². The van der Waals surface area contributed by atoms with Gasteiger partial charge in [-0.05, 0) is 32.1 Å². The topological polar surface area (TPSA) is 139 Å². The largest absolute Gasteiger partial charge is 0.469 e. The van der Waals surface area contributed by atoms with Gasteiger partial charge in [-0.2, -0.15) is 0 Å². The fraction of sp³-hybridized carbons (Fsp3) is 0.692. The third kappa shape index (κ3) is 13.2. The fourth-order valence-corrected chi connectivity index (χ4v) is 4.01. The molecule has 0 fully saturated rings. The van der Waals surface area contributed by atoms with Gasteiger partial charge in [-0.1, -0.05) is 64.7 Å². The van der Waals surface area contributed by atoms with E-state index in [1.54, 1.807) is 0 Å². The van der Waals surface area contributed by atoms with Gasteiger partial charge in [0.05, 0.1) is 28.6 Å². The van der Waals surface area contributed by atoms with Crippen LogP contribution in [0.3, 0.4) is 0 Å². The maximum atomic E-state index is 12.7. The molecule has 0 aliphatic rings. The average molecular weight is 509 g/mol. The van der Waals surface area contributed by atoms with Gasteiger partial charge in [0.15, 0.2) is 0 Å². The molecule has 0 heterocycles. The molecular weight excluding hydrogens is 468 g/mol. The fourth-order valence-electron chi connectivity index (χ4n) is 4.01. The Morgan fingerprint density at radius 1 is 0.778 bits per heavy atom. The van der Waals surface area contributed by atoms with Crippen molar-refractivity contribution in [1.29, 1.82) is 0 Å². The van der Waals surface area contributed by atoms with Crippen LogP contribution < -0.4 is 0 Å². The lowest BCUT2D eigenvalue weighted by molar-refractivity contribution is -0.394. The number of ether oxygens (including phenoxy) is 2. The third-order valence-corrected chi connectivity index (χ3v) is 6.10. The Morgan fingerprint density at radius 2 is 1.25 bits per heavy atom. The van der Waals surface area contributed by atoms with Crippen molar-refractivity contribution >= 4 is 23.3 Å². The molecule has 0 N–H and O–H groups in total. The number of hydrogen-bond acceptors (Lipinski definition) is 8. The van der Waals surface area contributed by atoms with Gasteiger partial charge in [-0.3, -0.25) is 25.0 Å². The predicted molar refractivity (Wildman–Crippen MR) is 136 cm³/mol. The van der Waals surface area contributed by atoms with Gasteiger partial charge in [0.1, 0.15) is 6.10 Å². The number of methoxy groups -OCH3 is 1. The van der Waals surface area contributed by atoms with Gasteiger partial charge in [0.2, 0.25) is 0 Å². The van der Waals surface area contributed by atoms with Crippen LogP contribution in [0.15, 0.2) is 18.2 Å².